The maximum atomic E-state index is 15.4. The van der Waals surface area contributed by atoms with Crippen LogP contribution in [0, 0.1) is 17.6 Å². The predicted octanol–water partition coefficient (Wildman–Crippen LogP) is 7.27. The van der Waals surface area contributed by atoms with Gasteiger partial charge in [0.15, 0.2) is 5.17 Å². The normalized spacial score (nSPS) is 24.5. The van der Waals surface area contributed by atoms with Crippen molar-refractivity contribution in [3.8, 4) is 0 Å². The van der Waals surface area contributed by atoms with Gasteiger partial charge in [-0.25, -0.2) is 18.6 Å². The maximum absolute atomic E-state index is 15.4. The Bertz CT molecular complexity index is 1230. The first-order valence-electron chi connectivity index (χ1n) is 10.4. The summed E-state index contributed by atoms with van der Waals surface area (Å²) in [6.45, 7) is 7.54. The third-order valence-corrected chi connectivity index (χ3v) is 8.31. The van der Waals surface area contributed by atoms with Gasteiger partial charge in [-0.3, -0.25) is 0 Å². The van der Waals surface area contributed by atoms with Crippen molar-refractivity contribution in [2.75, 3.05) is 0 Å². The number of halogens is 4. The Hall–Kier alpha value is -1.90. The summed E-state index contributed by atoms with van der Waals surface area (Å²) in [5.41, 5.74) is -0.818. The number of aliphatic carboxylic acids is 1. The fourth-order valence-corrected chi connectivity index (χ4v) is 6.77. The summed E-state index contributed by atoms with van der Waals surface area (Å²) in [7, 11) is 0. The molecule has 4 rings (SSSR count). The van der Waals surface area contributed by atoms with Crippen molar-refractivity contribution >= 4 is 50.4 Å². The molecule has 0 aromatic heterocycles. The molecule has 0 saturated carbocycles. The van der Waals surface area contributed by atoms with Crippen LogP contribution in [0.15, 0.2) is 56.5 Å². The number of aliphatic imine (C=N–C) groups is 1. The molecule has 33 heavy (non-hydrogen) atoms. The van der Waals surface area contributed by atoms with Crippen LogP contribution >= 0.6 is 39.3 Å². The van der Waals surface area contributed by atoms with Crippen molar-refractivity contribution in [1.29, 1.82) is 0 Å². The highest BCUT2D eigenvalue weighted by molar-refractivity contribution is 9.10. The molecule has 1 N–H and O–H groups in total. The Labute approximate surface area is 208 Å². The van der Waals surface area contributed by atoms with Crippen LogP contribution in [0.3, 0.4) is 0 Å². The second kappa shape index (κ2) is 8.40. The lowest BCUT2D eigenvalue weighted by Gasteiger charge is -2.48. The number of carboxylic acid groups (broad SMARTS) is 1. The highest BCUT2D eigenvalue weighted by Gasteiger charge is 2.63. The molecule has 0 bridgehead atoms. The van der Waals surface area contributed by atoms with Crippen LogP contribution in [0.2, 0.25) is 5.02 Å². The quantitative estimate of drug-likeness (QED) is 0.421. The molecule has 2 aromatic carbocycles. The Morgan fingerprint density at radius 2 is 1.94 bits per heavy atom. The minimum absolute atomic E-state index is 0.0256. The van der Waals surface area contributed by atoms with E-state index in [1.54, 1.807) is 18.2 Å². The predicted molar refractivity (Wildman–Crippen MR) is 131 cm³/mol. The van der Waals surface area contributed by atoms with E-state index in [-0.39, 0.29) is 15.8 Å². The molecular formula is C24H22BrClF2N2O2S. The molecule has 2 aromatic rings. The highest BCUT2D eigenvalue weighted by Crippen LogP contribution is 2.61. The van der Waals surface area contributed by atoms with E-state index in [9.17, 15) is 14.3 Å². The molecule has 0 unspecified atom stereocenters. The van der Waals surface area contributed by atoms with Crippen molar-refractivity contribution in [2.24, 2.45) is 10.9 Å². The number of hydrogen-bond acceptors (Lipinski definition) is 4. The lowest BCUT2D eigenvalue weighted by atomic mass is 9.67. The fourth-order valence-electron chi connectivity index (χ4n) is 5.05. The van der Waals surface area contributed by atoms with E-state index in [2.05, 4.69) is 15.9 Å². The van der Waals surface area contributed by atoms with E-state index >= 15 is 4.39 Å². The monoisotopic (exact) mass is 554 g/mol. The fraction of sp³-hybridized carbons (Fsp3) is 0.333. The van der Waals surface area contributed by atoms with Crippen molar-refractivity contribution < 1.29 is 18.7 Å². The Kier molecular flexibility index (Phi) is 6.16. The Morgan fingerprint density at radius 3 is 2.48 bits per heavy atom. The summed E-state index contributed by atoms with van der Waals surface area (Å²) in [6.07, 6.45) is 0.400. The zero-order valence-corrected chi connectivity index (χ0v) is 21.6. The molecule has 2 aliphatic rings. The third-order valence-electron chi connectivity index (χ3n) is 6.47. The second-order valence-corrected chi connectivity index (χ2v) is 10.8. The van der Waals surface area contributed by atoms with Crippen LogP contribution in [-0.2, 0) is 15.9 Å². The number of carboxylic acids is 1. The first kappa shape index (κ1) is 24.2. The third kappa shape index (κ3) is 3.44. The van der Waals surface area contributed by atoms with Crippen molar-refractivity contribution in [2.45, 2.75) is 45.2 Å². The van der Waals surface area contributed by atoms with E-state index in [0.29, 0.717) is 32.9 Å². The largest absolute Gasteiger partial charge is 0.477 e. The minimum Gasteiger partial charge on any atom is -0.477 e. The zero-order valence-electron chi connectivity index (χ0n) is 18.4. The van der Waals surface area contributed by atoms with Gasteiger partial charge in [0.25, 0.3) is 0 Å². The van der Waals surface area contributed by atoms with Crippen LogP contribution in [0.25, 0.3) is 0 Å². The Balaban J connectivity index is 2.09. The highest BCUT2D eigenvalue weighted by atomic mass is 79.9. The van der Waals surface area contributed by atoms with Gasteiger partial charge in [0.05, 0.1) is 5.02 Å². The van der Waals surface area contributed by atoms with E-state index in [0.717, 1.165) is 11.8 Å². The van der Waals surface area contributed by atoms with Crippen LogP contribution < -0.4 is 0 Å². The molecule has 0 radical (unpaired) electrons. The SMILES string of the molecule is CC[C@]1(c2ccc(Cl)c(F)c2)N2C(=N[C@@]1(C)c1ccc(Br)cc1F)SC(C(=O)O)=C2C(C)C. The molecule has 0 aliphatic carbocycles. The molecule has 174 valence electrons. The minimum atomic E-state index is -1.18. The first-order valence-corrected chi connectivity index (χ1v) is 12.4. The van der Waals surface area contributed by atoms with Gasteiger partial charge in [0.1, 0.15) is 27.6 Å². The molecule has 0 fully saturated rings. The van der Waals surface area contributed by atoms with Gasteiger partial charge >= 0.3 is 5.97 Å². The van der Waals surface area contributed by atoms with Crippen LogP contribution in [0.4, 0.5) is 8.78 Å². The molecular weight excluding hydrogens is 534 g/mol. The number of nitrogens with zero attached hydrogens (tertiary/aromatic N) is 2. The summed E-state index contributed by atoms with van der Waals surface area (Å²) in [6, 6.07) is 9.32. The van der Waals surface area contributed by atoms with E-state index in [1.165, 1.54) is 18.2 Å². The first-order chi connectivity index (χ1) is 15.5. The maximum Gasteiger partial charge on any atom is 0.344 e. The number of fused-ring (bicyclic) bond motifs is 1. The summed E-state index contributed by atoms with van der Waals surface area (Å²) in [4.78, 5) is 19.1. The van der Waals surface area contributed by atoms with Gasteiger partial charge in [-0.05, 0) is 60.9 Å². The van der Waals surface area contributed by atoms with Crippen molar-refractivity contribution in [3.05, 3.63) is 79.3 Å². The van der Waals surface area contributed by atoms with E-state index in [1.807, 2.05) is 32.6 Å². The average molecular weight is 556 g/mol. The number of carbonyl (C=O) groups is 1. The lowest BCUT2D eigenvalue weighted by molar-refractivity contribution is -0.132. The van der Waals surface area contributed by atoms with Crippen LogP contribution in [0.5, 0.6) is 0 Å². The molecule has 2 heterocycles. The molecule has 4 nitrogen and oxygen atoms in total. The second-order valence-electron chi connectivity index (χ2n) is 8.55. The smallest absolute Gasteiger partial charge is 0.344 e. The molecule has 9 heteroatoms. The van der Waals surface area contributed by atoms with E-state index in [4.69, 9.17) is 16.6 Å². The molecule has 2 aliphatic heterocycles. The van der Waals surface area contributed by atoms with Crippen LogP contribution in [-0.4, -0.2) is 21.1 Å². The number of benzene rings is 2. The number of amidine groups is 1. The molecule has 2 atom stereocenters. The summed E-state index contributed by atoms with van der Waals surface area (Å²) < 4.78 is 30.7. The standard InChI is InChI=1S/C24H22BrClF2N2O2S/c1-5-24(13-6-9-16(26)18(28)10-13)23(4,15-8-7-14(25)11-17(15)27)29-22-30(24)19(12(2)3)20(33-22)21(31)32/h6-12H,5H2,1-4H3,(H,31,32)/t23-,24+/m0/s1. The van der Waals surface area contributed by atoms with Gasteiger partial charge in [-0.15, -0.1) is 0 Å². The van der Waals surface area contributed by atoms with Gasteiger partial charge in [0, 0.05) is 15.7 Å². The summed E-state index contributed by atoms with van der Waals surface area (Å²) >= 11 is 10.3. The Morgan fingerprint density at radius 1 is 1.24 bits per heavy atom. The molecule has 0 spiro atoms. The number of thioether (sulfide) groups is 1. The average Bonchev–Trinajstić information content (AvgIpc) is 3.22. The number of hydrogen-bond donors (Lipinski definition) is 1. The van der Waals surface area contributed by atoms with Crippen molar-refractivity contribution in [3.63, 3.8) is 0 Å². The number of rotatable bonds is 5. The van der Waals surface area contributed by atoms with Crippen molar-refractivity contribution in [1.82, 2.24) is 4.90 Å². The topological polar surface area (TPSA) is 52.9 Å². The van der Waals surface area contributed by atoms with Gasteiger partial charge < -0.3 is 10.0 Å². The van der Waals surface area contributed by atoms with Gasteiger partial charge in [-0.2, -0.15) is 0 Å². The molecule has 0 saturated heterocycles. The summed E-state index contributed by atoms with van der Waals surface area (Å²) in [5, 5.41) is 10.3. The van der Waals surface area contributed by atoms with Gasteiger partial charge in [0.2, 0.25) is 0 Å². The summed E-state index contributed by atoms with van der Waals surface area (Å²) in [5.74, 6) is -2.28. The van der Waals surface area contributed by atoms with E-state index < -0.39 is 28.7 Å². The number of allylic oxidation sites excluding steroid dienone is 1. The van der Waals surface area contributed by atoms with Gasteiger partial charge in [-0.1, -0.05) is 60.4 Å². The molecule has 0 amide bonds. The van der Waals surface area contributed by atoms with Crippen LogP contribution in [0.1, 0.15) is 45.2 Å². The zero-order chi connectivity index (χ0) is 24.3. The lowest BCUT2D eigenvalue weighted by Crippen LogP contribution is -2.53.